The zero-order valence-electron chi connectivity index (χ0n) is 13.3. The Morgan fingerprint density at radius 2 is 2.26 bits per heavy atom. The predicted molar refractivity (Wildman–Crippen MR) is 81.8 cm³/mol. The average Bonchev–Trinajstić information content (AvgIpc) is 2.96. The molecule has 2 aliphatic rings. The van der Waals surface area contributed by atoms with Crippen LogP contribution in [0.5, 0.6) is 0 Å². The van der Waals surface area contributed by atoms with E-state index in [0.717, 1.165) is 0 Å². The minimum Gasteiger partial charge on any atom is -0.379 e. The fraction of sp³-hybridized carbons (Fsp3) is 0.588. The molecule has 1 amide bonds. The monoisotopic (exact) mass is 323 g/mol. The van der Waals surface area contributed by atoms with Gasteiger partial charge in [-0.3, -0.25) is 4.79 Å². The maximum Gasteiger partial charge on any atom is 0.257 e. The van der Waals surface area contributed by atoms with Crippen LogP contribution >= 0.6 is 0 Å². The third kappa shape index (κ3) is 3.24. The molecule has 0 radical (unpaired) electrons. The SMILES string of the molecule is CCOCC1CC2(COCCN2C(=O)c2ccccc2F)CO1. The summed E-state index contributed by atoms with van der Waals surface area (Å²) < 4.78 is 30.8. The quantitative estimate of drug-likeness (QED) is 0.849. The Labute approximate surface area is 135 Å². The summed E-state index contributed by atoms with van der Waals surface area (Å²) in [5.74, 6) is -0.795. The molecule has 0 aromatic heterocycles. The smallest absolute Gasteiger partial charge is 0.257 e. The summed E-state index contributed by atoms with van der Waals surface area (Å²) in [6.45, 7) is 4.76. The molecule has 0 N–H and O–H groups in total. The Morgan fingerprint density at radius 3 is 3.04 bits per heavy atom. The molecule has 0 bridgehead atoms. The van der Waals surface area contributed by atoms with E-state index < -0.39 is 11.4 Å². The second-order valence-electron chi connectivity index (χ2n) is 6.01. The van der Waals surface area contributed by atoms with E-state index in [4.69, 9.17) is 14.2 Å². The molecule has 3 rings (SSSR count). The van der Waals surface area contributed by atoms with Crippen LogP contribution in [0.1, 0.15) is 23.7 Å². The van der Waals surface area contributed by atoms with E-state index in [-0.39, 0.29) is 17.6 Å². The van der Waals surface area contributed by atoms with Crippen LogP contribution in [0.4, 0.5) is 4.39 Å². The molecule has 2 unspecified atom stereocenters. The minimum absolute atomic E-state index is 0.0624. The molecule has 1 spiro atoms. The van der Waals surface area contributed by atoms with Gasteiger partial charge in [0, 0.05) is 19.6 Å². The van der Waals surface area contributed by atoms with Crippen molar-refractivity contribution in [3.63, 3.8) is 0 Å². The first kappa shape index (κ1) is 16.4. The van der Waals surface area contributed by atoms with Gasteiger partial charge in [0.1, 0.15) is 5.82 Å². The molecule has 2 saturated heterocycles. The van der Waals surface area contributed by atoms with Gasteiger partial charge in [0.2, 0.25) is 0 Å². The Bertz CT molecular complexity index is 567. The maximum absolute atomic E-state index is 14.0. The third-order valence-electron chi connectivity index (χ3n) is 4.46. The Morgan fingerprint density at radius 1 is 1.43 bits per heavy atom. The molecule has 6 heteroatoms. The Hall–Kier alpha value is -1.50. The second kappa shape index (κ2) is 6.95. The van der Waals surface area contributed by atoms with Crippen LogP contribution in [0.2, 0.25) is 0 Å². The van der Waals surface area contributed by atoms with Gasteiger partial charge in [0.15, 0.2) is 0 Å². The Balaban J connectivity index is 1.80. The van der Waals surface area contributed by atoms with Gasteiger partial charge in [-0.25, -0.2) is 4.39 Å². The predicted octanol–water partition coefficient (Wildman–Crippen LogP) is 1.86. The minimum atomic E-state index is -0.528. The van der Waals surface area contributed by atoms with E-state index in [1.807, 2.05) is 6.92 Å². The highest BCUT2D eigenvalue weighted by molar-refractivity contribution is 5.95. The molecule has 1 aromatic rings. The topological polar surface area (TPSA) is 48.0 Å². The van der Waals surface area contributed by atoms with Crippen molar-refractivity contribution >= 4 is 5.91 Å². The summed E-state index contributed by atoms with van der Waals surface area (Å²) in [5, 5.41) is 0. The standard InChI is InChI=1S/C17H22FNO4/c1-2-21-10-13-9-17(12-23-13)11-22-8-7-19(17)16(20)14-5-3-4-6-15(14)18/h3-6,13H,2,7-12H2,1H3. The zero-order valence-corrected chi connectivity index (χ0v) is 13.3. The number of carbonyl (C=O) groups is 1. The van der Waals surface area contributed by atoms with E-state index >= 15 is 0 Å². The first-order chi connectivity index (χ1) is 11.2. The van der Waals surface area contributed by atoms with Crippen molar-refractivity contribution in [3.05, 3.63) is 35.6 Å². The molecule has 1 aromatic carbocycles. The van der Waals surface area contributed by atoms with Crippen molar-refractivity contribution < 1.29 is 23.4 Å². The summed E-state index contributed by atoms with van der Waals surface area (Å²) >= 11 is 0. The lowest BCUT2D eigenvalue weighted by atomic mass is 9.92. The first-order valence-electron chi connectivity index (χ1n) is 8.00. The van der Waals surface area contributed by atoms with Gasteiger partial charge < -0.3 is 19.1 Å². The van der Waals surface area contributed by atoms with Crippen LogP contribution in [0.25, 0.3) is 0 Å². The van der Waals surface area contributed by atoms with Gasteiger partial charge in [-0.15, -0.1) is 0 Å². The van der Waals surface area contributed by atoms with Crippen LogP contribution in [0, 0.1) is 5.82 Å². The third-order valence-corrected chi connectivity index (χ3v) is 4.46. The molecule has 0 aliphatic carbocycles. The molecule has 2 fully saturated rings. The fourth-order valence-corrected chi connectivity index (χ4v) is 3.29. The van der Waals surface area contributed by atoms with Crippen LogP contribution in [-0.2, 0) is 14.2 Å². The summed E-state index contributed by atoms with van der Waals surface area (Å²) in [6, 6.07) is 6.09. The van der Waals surface area contributed by atoms with Crippen molar-refractivity contribution in [1.82, 2.24) is 4.90 Å². The first-order valence-corrected chi connectivity index (χ1v) is 8.00. The summed E-state index contributed by atoms with van der Waals surface area (Å²) in [4.78, 5) is 14.6. The van der Waals surface area contributed by atoms with E-state index in [9.17, 15) is 9.18 Å². The number of halogens is 1. The largest absolute Gasteiger partial charge is 0.379 e. The van der Waals surface area contributed by atoms with Crippen molar-refractivity contribution in [1.29, 1.82) is 0 Å². The highest BCUT2D eigenvalue weighted by Gasteiger charge is 2.49. The molecule has 2 heterocycles. The molecule has 0 saturated carbocycles. The van der Waals surface area contributed by atoms with Crippen molar-refractivity contribution in [2.45, 2.75) is 25.0 Å². The van der Waals surface area contributed by atoms with E-state index in [2.05, 4.69) is 0 Å². The molecular formula is C17H22FNO4. The molecule has 23 heavy (non-hydrogen) atoms. The Kier molecular flexibility index (Phi) is 4.94. The zero-order chi connectivity index (χ0) is 16.3. The highest BCUT2D eigenvalue weighted by atomic mass is 19.1. The number of benzene rings is 1. The summed E-state index contributed by atoms with van der Waals surface area (Å²) in [7, 11) is 0. The van der Waals surface area contributed by atoms with Crippen molar-refractivity contribution in [2.24, 2.45) is 0 Å². The van der Waals surface area contributed by atoms with E-state index in [1.165, 1.54) is 12.1 Å². The van der Waals surface area contributed by atoms with Gasteiger partial charge in [0.25, 0.3) is 5.91 Å². The number of carbonyl (C=O) groups excluding carboxylic acids is 1. The van der Waals surface area contributed by atoms with Gasteiger partial charge in [-0.05, 0) is 19.1 Å². The summed E-state index contributed by atoms with van der Waals surface area (Å²) in [5.41, 5.74) is -0.429. The number of amides is 1. The van der Waals surface area contributed by atoms with Crippen LogP contribution in [0.15, 0.2) is 24.3 Å². The van der Waals surface area contributed by atoms with Crippen LogP contribution in [-0.4, -0.2) is 62.0 Å². The number of hydrogen-bond acceptors (Lipinski definition) is 4. The van der Waals surface area contributed by atoms with Crippen LogP contribution < -0.4 is 0 Å². The number of ether oxygens (including phenoxy) is 3. The lowest BCUT2D eigenvalue weighted by Gasteiger charge is -2.43. The summed E-state index contributed by atoms with van der Waals surface area (Å²) in [6.07, 6.45) is 0.584. The fourth-order valence-electron chi connectivity index (χ4n) is 3.29. The lowest BCUT2D eigenvalue weighted by molar-refractivity contribution is -0.0560. The van der Waals surface area contributed by atoms with Gasteiger partial charge in [0.05, 0.1) is 43.6 Å². The average molecular weight is 323 g/mol. The number of nitrogens with zero attached hydrogens (tertiary/aromatic N) is 1. The van der Waals surface area contributed by atoms with Crippen molar-refractivity contribution in [2.75, 3.05) is 39.6 Å². The number of hydrogen-bond donors (Lipinski definition) is 0. The maximum atomic E-state index is 14.0. The molecular weight excluding hydrogens is 301 g/mol. The van der Waals surface area contributed by atoms with Crippen molar-refractivity contribution in [3.8, 4) is 0 Å². The van der Waals surface area contributed by atoms with E-state index in [1.54, 1.807) is 17.0 Å². The molecule has 5 nitrogen and oxygen atoms in total. The molecule has 2 atom stereocenters. The molecule has 126 valence electrons. The second-order valence-corrected chi connectivity index (χ2v) is 6.01. The van der Waals surface area contributed by atoms with Gasteiger partial charge in [-0.1, -0.05) is 12.1 Å². The highest BCUT2D eigenvalue weighted by Crippen LogP contribution is 2.34. The molecule has 2 aliphatic heterocycles. The normalized spacial score (nSPS) is 27.6. The van der Waals surface area contributed by atoms with Gasteiger partial charge in [-0.2, -0.15) is 0 Å². The lowest BCUT2D eigenvalue weighted by Crippen LogP contribution is -2.60. The van der Waals surface area contributed by atoms with Gasteiger partial charge >= 0.3 is 0 Å². The number of morpholine rings is 1. The number of rotatable bonds is 4. The van der Waals surface area contributed by atoms with E-state index in [0.29, 0.717) is 46.0 Å². The van der Waals surface area contributed by atoms with Crippen LogP contribution in [0.3, 0.4) is 0 Å².